The van der Waals surface area contributed by atoms with Gasteiger partial charge in [-0.05, 0) is 64.2 Å². The third-order valence-electron chi connectivity index (χ3n) is 3.58. The van der Waals surface area contributed by atoms with Gasteiger partial charge in [0, 0.05) is 23.8 Å². The van der Waals surface area contributed by atoms with Crippen molar-refractivity contribution >= 4 is 5.57 Å². The Balaban J connectivity index is 2.22. The maximum Gasteiger partial charge on any atom is 0.0935 e. The second kappa shape index (κ2) is 6.06. The minimum Gasteiger partial charge on any atom is -0.387 e. The van der Waals surface area contributed by atoms with Crippen LogP contribution in [0.25, 0.3) is 5.57 Å². The highest BCUT2D eigenvalue weighted by molar-refractivity contribution is 5.67. The Morgan fingerprint density at radius 1 is 1.40 bits per heavy atom. The Bertz CT molecular complexity index is 500. The number of aliphatic hydroxyl groups excluding tert-OH is 1. The molecule has 0 radical (unpaired) electrons. The van der Waals surface area contributed by atoms with Crippen LogP contribution in [0, 0.1) is 6.92 Å². The van der Waals surface area contributed by atoms with E-state index in [1.54, 1.807) is 0 Å². The Morgan fingerprint density at radius 3 is 2.75 bits per heavy atom. The number of allylic oxidation sites excluding steroid dienone is 2. The van der Waals surface area contributed by atoms with Crippen molar-refractivity contribution in [2.45, 2.75) is 58.6 Å². The molecular weight excluding hydrogens is 248 g/mol. The molecule has 0 saturated heterocycles. The van der Waals surface area contributed by atoms with Crippen LogP contribution in [0.2, 0.25) is 0 Å². The summed E-state index contributed by atoms with van der Waals surface area (Å²) in [4.78, 5) is 4.57. The van der Waals surface area contributed by atoms with Gasteiger partial charge in [0.15, 0.2) is 0 Å². The number of nitrogens with one attached hydrogen (secondary N) is 1. The smallest absolute Gasteiger partial charge is 0.0935 e. The molecule has 0 amide bonds. The van der Waals surface area contributed by atoms with E-state index in [9.17, 15) is 5.11 Å². The lowest BCUT2D eigenvalue weighted by Gasteiger charge is -2.24. The van der Waals surface area contributed by atoms with Crippen LogP contribution in [0.4, 0.5) is 0 Å². The maximum absolute atomic E-state index is 10.5. The number of nitrogens with zero attached hydrogens (tertiary/aromatic N) is 1. The quantitative estimate of drug-likeness (QED) is 0.884. The van der Waals surface area contributed by atoms with Crippen LogP contribution in [0.5, 0.6) is 0 Å². The summed E-state index contributed by atoms with van der Waals surface area (Å²) in [6.45, 7) is 8.89. The van der Waals surface area contributed by atoms with Gasteiger partial charge in [-0.3, -0.25) is 4.98 Å². The van der Waals surface area contributed by atoms with Crippen LogP contribution in [0.1, 0.15) is 63.0 Å². The van der Waals surface area contributed by atoms with Gasteiger partial charge in [-0.1, -0.05) is 6.08 Å². The molecule has 3 heteroatoms. The molecule has 1 aromatic heterocycles. The highest BCUT2D eigenvalue weighted by atomic mass is 16.3. The first kappa shape index (κ1) is 15.2. The van der Waals surface area contributed by atoms with E-state index in [2.05, 4.69) is 43.2 Å². The van der Waals surface area contributed by atoms with Crippen LogP contribution in [-0.2, 0) is 0 Å². The molecule has 0 fully saturated rings. The van der Waals surface area contributed by atoms with Crippen LogP contribution in [0.15, 0.2) is 18.3 Å². The summed E-state index contributed by atoms with van der Waals surface area (Å²) in [6, 6.07) is 2.07. The molecule has 1 aromatic rings. The van der Waals surface area contributed by atoms with Crippen molar-refractivity contribution in [2.24, 2.45) is 0 Å². The monoisotopic (exact) mass is 274 g/mol. The number of pyridine rings is 1. The molecule has 0 spiro atoms. The lowest BCUT2D eigenvalue weighted by Crippen LogP contribution is -2.38. The molecule has 2 rings (SSSR count). The molecule has 110 valence electrons. The van der Waals surface area contributed by atoms with E-state index in [1.165, 1.54) is 12.0 Å². The molecule has 1 aliphatic carbocycles. The van der Waals surface area contributed by atoms with E-state index in [1.807, 2.05) is 13.1 Å². The Labute approximate surface area is 122 Å². The molecule has 0 unspecified atom stereocenters. The van der Waals surface area contributed by atoms with Gasteiger partial charge in [0.2, 0.25) is 0 Å². The summed E-state index contributed by atoms with van der Waals surface area (Å²) < 4.78 is 0. The van der Waals surface area contributed by atoms with Gasteiger partial charge in [-0.2, -0.15) is 0 Å². The number of β-amino-alcohol motifs (C(OH)–C–C–N with tert-alkyl or cyclic N) is 1. The van der Waals surface area contributed by atoms with Crippen molar-refractivity contribution in [3.63, 3.8) is 0 Å². The number of rotatable bonds is 4. The second-order valence-electron chi connectivity index (χ2n) is 6.72. The molecule has 3 nitrogen and oxygen atoms in total. The SMILES string of the molecule is Cc1cnc(C2=CCCC2)c([C@@H](O)CNC(C)(C)C)c1. The molecule has 0 aliphatic heterocycles. The number of aryl methyl sites for hydroxylation is 1. The molecule has 20 heavy (non-hydrogen) atoms. The molecule has 0 aromatic carbocycles. The molecule has 1 aliphatic rings. The van der Waals surface area contributed by atoms with Crippen molar-refractivity contribution in [3.05, 3.63) is 35.2 Å². The van der Waals surface area contributed by atoms with E-state index in [0.29, 0.717) is 6.54 Å². The maximum atomic E-state index is 10.5. The van der Waals surface area contributed by atoms with Gasteiger partial charge >= 0.3 is 0 Å². The fourth-order valence-corrected chi connectivity index (χ4v) is 2.51. The topological polar surface area (TPSA) is 45.2 Å². The molecule has 2 N–H and O–H groups in total. The first-order valence-electron chi connectivity index (χ1n) is 7.46. The number of hydrogen-bond donors (Lipinski definition) is 2. The molecular formula is C17H26N2O. The van der Waals surface area contributed by atoms with Gasteiger partial charge in [0.05, 0.1) is 11.8 Å². The third kappa shape index (κ3) is 3.90. The van der Waals surface area contributed by atoms with Crippen LogP contribution < -0.4 is 5.32 Å². The number of hydrogen-bond acceptors (Lipinski definition) is 3. The number of aromatic nitrogens is 1. The summed E-state index contributed by atoms with van der Waals surface area (Å²) in [5.74, 6) is 0. The predicted octanol–water partition coefficient (Wildman–Crippen LogP) is 3.38. The van der Waals surface area contributed by atoms with Gasteiger partial charge in [0.1, 0.15) is 0 Å². The first-order chi connectivity index (χ1) is 9.37. The zero-order chi connectivity index (χ0) is 14.8. The highest BCUT2D eigenvalue weighted by Crippen LogP contribution is 2.31. The molecule has 0 saturated carbocycles. The van der Waals surface area contributed by atoms with Gasteiger partial charge in [-0.25, -0.2) is 0 Å². The third-order valence-corrected chi connectivity index (χ3v) is 3.58. The molecule has 1 atom stereocenters. The Morgan fingerprint density at radius 2 is 2.15 bits per heavy atom. The zero-order valence-corrected chi connectivity index (χ0v) is 13.0. The van der Waals surface area contributed by atoms with Crippen molar-refractivity contribution < 1.29 is 5.11 Å². The molecule has 1 heterocycles. The van der Waals surface area contributed by atoms with Crippen LogP contribution in [0.3, 0.4) is 0 Å². The van der Waals surface area contributed by atoms with Gasteiger partial charge in [0.25, 0.3) is 0 Å². The first-order valence-corrected chi connectivity index (χ1v) is 7.46. The minimum absolute atomic E-state index is 0.00498. The zero-order valence-electron chi connectivity index (χ0n) is 13.0. The average Bonchev–Trinajstić information content (AvgIpc) is 2.88. The van der Waals surface area contributed by atoms with Crippen LogP contribution >= 0.6 is 0 Å². The summed E-state index contributed by atoms with van der Waals surface area (Å²) in [7, 11) is 0. The summed E-state index contributed by atoms with van der Waals surface area (Å²) in [6.07, 6.45) is 7.02. The normalized spacial score (nSPS) is 17.1. The minimum atomic E-state index is -0.516. The second-order valence-corrected chi connectivity index (χ2v) is 6.72. The predicted molar refractivity (Wildman–Crippen MR) is 83.5 cm³/mol. The largest absolute Gasteiger partial charge is 0.387 e. The van der Waals surface area contributed by atoms with Crippen molar-refractivity contribution in [2.75, 3.05) is 6.54 Å². The van der Waals surface area contributed by atoms with E-state index in [-0.39, 0.29) is 5.54 Å². The van der Waals surface area contributed by atoms with Crippen LogP contribution in [-0.4, -0.2) is 22.2 Å². The van der Waals surface area contributed by atoms with Crippen molar-refractivity contribution in [1.82, 2.24) is 10.3 Å². The molecule has 0 bridgehead atoms. The van der Waals surface area contributed by atoms with E-state index < -0.39 is 6.10 Å². The van der Waals surface area contributed by atoms with Crippen molar-refractivity contribution in [1.29, 1.82) is 0 Å². The van der Waals surface area contributed by atoms with E-state index in [0.717, 1.165) is 29.7 Å². The van der Waals surface area contributed by atoms with Gasteiger partial charge in [-0.15, -0.1) is 0 Å². The summed E-state index contributed by atoms with van der Waals surface area (Å²) in [5.41, 5.74) is 4.32. The summed E-state index contributed by atoms with van der Waals surface area (Å²) >= 11 is 0. The Kier molecular flexibility index (Phi) is 4.61. The number of aliphatic hydroxyl groups is 1. The average molecular weight is 274 g/mol. The lowest BCUT2D eigenvalue weighted by molar-refractivity contribution is 0.162. The fourth-order valence-electron chi connectivity index (χ4n) is 2.51. The standard InChI is InChI=1S/C17H26N2O/c1-12-9-14(15(20)11-19-17(2,3)4)16(18-10-12)13-7-5-6-8-13/h7,9-10,15,19-20H,5-6,8,11H2,1-4H3/t15-/m0/s1. The van der Waals surface area contributed by atoms with Crippen molar-refractivity contribution in [3.8, 4) is 0 Å². The highest BCUT2D eigenvalue weighted by Gasteiger charge is 2.20. The van der Waals surface area contributed by atoms with Gasteiger partial charge < -0.3 is 10.4 Å². The fraction of sp³-hybridized carbons (Fsp3) is 0.588. The Hall–Kier alpha value is -1.19. The van der Waals surface area contributed by atoms with E-state index in [4.69, 9.17) is 0 Å². The van der Waals surface area contributed by atoms with E-state index >= 15 is 0 Å². The summed E-state index contributed by atoms with van der Waals surface area (Å²) in [5, 5.41) is 13.9. The lowest BCUT2D eigenvalue weighted by atomic mass is 9.99.